The SMILES string of the molecule is NS(=O)(=O)c1ccc(Cl)c(C(=O)OCc2csc(-c3ccccc3Cl)n2)c1. The molecular weight excluding hydrogens is 431 g/mol. The molecule has 0 bridgehead atoms. The molecule has 140 valence electrons. The fourth-order valence-corrected chi connectivity index (χ4v) is 4.05. The van der Waals surface area contributed by atoms with E-state index < -0.39 is 16.0 Å². The first kappa shape index (κ1) is 19.8. The molecule has 0 spiro atoms. The third-order valence-corrected chi connectivity index (χ3v) is 5.99. The van der Waals surface area contributed by atoms with Crippen LogP contribution in [0, 0.1) is 0 Å². The third kappa shape index (κ3) is 4.66. The lowest BCUT2D eigenvalue weighted by atomic mass is 10.2. The molecule has 1 aromatic heterocycles. The van der Waals surface area contributed by atoms with Crippen LogP contribution in [0.25, 0.3) is 10.6 Å². The molecule has 0 aliphatic rings. The van der Waals surface area contributed by atoms with Crippen LogP contribution >= 0.6 is 34.5 Å². The van der Waals surface area contributed by atoms with Gasteiger partial charge in [0.05, 0.1) is 26.2 Å². The number of carbonyl (C=O) groups excluding carboxylic acids is 1. The van der Waals surface area contributed by atoms with Gasteiger partial charge in [0, 0.05) is 10.9 Å². The largest absolute Gasteiger partial charge is 0.456 e. The first-order chi connectivity index (χ1) is 12.8. The Morgan fingerprint density at radius 2 is 1.89 bits per heavy atom. The number of hydrogen-bond acceptors (Lipinski definition) is 6. The zero-order valence-electron chi connectivity index (χ0n) is 13.6. The van der Waals surface area contributed by atoms with E-state index in [4.69, 9.17) is 33.1 Å². The van der Waals surface area contributed by atoms with E-state index in [0.717, 1.165) is 11.6 Å². The fourth-order valence-electron chi connectivity index (χ4n) is 2.19. The van der Waals surface area contributed by atoms with Crippen molar-refractivity contribution in [3.05, 3.63) is 69.1 Å². The Morgan fingerprint density at radius 3 is 2.59 bits per heavy atom. The van der Waals surface area contributed by atoms with Gasteiger partial charge < -0.3 is 4.74 Å². The Kier molecular flexibility index (Phi) is 5.83. The Hall–Kier alpha value is -1.97. The number of halogens is 2. The Morgan fingerprint density at radius 1 is 1.15 bits per heavy atom. The standard InChI is InChI=1S/C17H12Cl2N2O4S2/c18-14-4-2-1-3-12(14)16-21-10(9-26-16)8-25-17(22)13-7-11(27(20,23)24)5-6-15(13)19/h1-7,9H,8H2,(H2,20,23,24). The summed E-state index contributed by atoms with van der Waals surface area (Å²) in [5.74, 6) is -0.780. The molecule has 0 fully saturated rings. The molecule has 0 radical (unpaired) electrons. The maximum atomic E-state index is 12.3. The second-order valence-electron chi connectivity index (χ2n) is 5.39. The number of esters is 1. The van der Waals surface area contributed by atoms with Crippen LogP contribution in [0.2, 0.25) is 10.0 Å². The minimum Gasteiger partial charge on any atom is -0.456 e. The van der Waals surface area contributed by atoms with Crippen LogP contribution in [0.3, 0.4) is 0 Å². The van der Waals surface area contributed by atoms with Crippen LogP contribution in [0.1, 0.15) is 16.1 Å². The first-order valence-electron chi connectivity index (χ1n) is 7.44. The number of carbonyl (C=O) groups is 1. The maximum Gasteiger partial charge on any atom is 0.340 e. The van der Waals surface area contributed by atoms with Crippen molar-refractivity contribution >= 4 is 50.5 Å². The highest BCUT2D eigenvalue weighted by Gasteiger charge is 2.18. The van der Waals surface area contributed by atoms with Crippen LogP contribution in [-0.2, 0) is 21.4 Å². The molecule has 2 N–H and O–H groups in total. The van der Waals surface area contributed by atoms with Crippen LogP contribution in [0.5, 0.6) is 0 Å². The van der Waals surface area contributed by atoms with E-state index in [1.165, 1.54) is 23.5 Å². The number of nitrogens with two attached hydrogens (primary N) is 1. The summed E-state index contributed by atoms with van der Waals surface area (Å²) < 4.78 is 28.0. The zero-order valence-corrected chi connectivity index (χ0v) is 16.7. The molecule has 3 rings (SSSR count). The average Bonchev–Trinajstić information content (AvgIpc) is 3.08. The molecule has 0 atom stereocenters. The molecule has 2 aromatic carbocycles. The first-order valence-corrected chi connectivity index (χ1v) is 10.6. The number of rotatable bonds is 5. The van der Waals surface area contributed by atoms with E-state index in [1.54, 1.807) is 11.4 Å². The minimum absolute atomic E-state index is 0.0578. The van der Waals surface area contributed by atoms with Gasteiger partial charge in [-0.15, -0.1) is 11.3 Å². The zero-order chi connectivity index (χ0) is 19.6. The van der Waals surface area contributed by atoms with Crippen molar-refractivity contribution in [3.63, 3.8) is 0 Å². The van der Waals surface area contributed by atoms with Crippen molar-refractivity contribution in [3.8, 4) is 10.6 Å². The van der Waals surface area contributed by atoms with Crippen LogP contribution in [-0.4, -0.2) is 19.4 Å². The van der Waals surface area contributed by atoms with E-state index in [2.05, 4.69) is 4.98 Å². The molecule has 0 amide bonds. The Balaban J connectivity index is 1.75. The summed E-state index contributed by atoms with van der Waals surface area (Å²) in [6.07, 6.45) is 0. The maximum absolute atomic E-state index is 12.3. The van der Waals surface area contributed by atoms with Gasteiger partial charge in [0.15, 0.2) is 0 Å². The summed E-state index contributed by atoms with van der Waals surface area (Å²) in [7, 11) is -3.96. The summed E-state index contributed by atoms with van der Waals surface area (Å²) in [5.41, 5.74) is 1.22. The van der Waals surface area contributed by atoms with Gasteiger partial charge in [-0.3, -0.25) is 0 Å². The van der Waals surface area contributed by atoms with Crippen molar-refractivity contribution in [2.75, 3.05) is 0 Å². The molecule has 0 aliphatic carbocycles. The van der Waals surface area contributed by atoms with E-state index in [1.807, 2.05) is 18.2 Å². The molecule has 10 heteroatoms. The average molecular weight is 443 g/mol. The van der Waals surface area contributed by atoms with Crippen molar-refractivity contribution in [2.24, 2.45) is 5.14 Å². The van der Waals surface area contributed by atoms with Gasteiger partial charge in [0.25, 0.3) is 0 Å². The third-order valence-electron chi connectivity index (χ3n) is 3.49. The Labute approximate surface area is 169 Å². The lowest BCUT2D eigenvalue weighted by Gasteiger charge is -2.07. The van der Waals surface area contributed by atoms with Crippen molar-refractivity contribution in [2.45, 2.75) is 11.5 Å². The number of nitrogens with zero attached hydrogens (tertiary/aromatic N) is 1. The van der Waals surface area contributed by atoms with Gasteiger partial charge in [0.2, 0.25) is 10.0 Å². The molecule has 6 nitrogen and oxygen atoms in total. The smallest absolute Gasteiger partial charge is 0.340 e. The summed E-state index contributed by atoms with van der Waals surface area (Å²) >= 11 is 13.5. The van der Waals surface area contributed by atoms with E-state index >= 15 is 0 Å². The molecule has 0 unspecified atom stereocenters. The normalized spacial score (nSPS) is 11.4. The number of thiazole rings is 1. The fraction of sp³-hybridized carbons (Fsp3) is 0.0588. The number of hydrogen-bond donors (Lipinski definition) is 1. The lowest BCUT2D eigenvalue weighted by molar-refractivity contribution is 0.0468. The second-order valence-corrected chi connectivity index (χ2v) is 8.62. The van der Waals surface area contributed by atoms with E-state index in [-0.39, 0.29) is 22.1 Å². The number of primary sulfonamides is 1. The highest BCUT2D eigenvalue weighted by Crippen LogP contribution is 2.30. The van der Waals surface area contributed by atoms with Gasteiger partial charge in [-0.05, 0) is 24.3 Å². The van der Waals surface area contributed by atoms with Gasteiger partial charge in [-0.1, -0.05) is 41.4 Å². The second kappa shape index (κ2) is 7.95. The highest BCUT2D eigenvalue weighted by atomic mass is 35.5. The van der Waals surface area contributed by atoms with E-state index in [0.29, 0.717) is 15.7 Å². The molecule has 0 aliphatic heterocycles. The van der Waals surface area contributed by atoms with Crippen LogP contribution in [0.15, 0.2) is 52.7 Å². The van der Waals surface area contributed by atoms with E-state index in [9.17, 15) is 13.2 Å². The molecule has 3 aromatic rings. The van der Waals surface area contributed by atoms with Gasteiger partial charge >= 0.3 is 5.97 Å². The summed E-state index contributed by atoms with van der Waals surface area (Å²) in [6, 6.07) is 10.8. The minimum atomic E-state index is -3.96. The number of benzene rings is 2. The van der Waals surface area contributed by atoms with Gasteiger partial charge in [-0.2, -0.15) is 0 Å². The van der Waals surface area contributed by atoms with Crippen molar-refractivity contribution in [1.29, 1.82) is 0 Å². The quantitative estimate of drug-likeness (QED) is 0.598. The predicted octanol–water partition coefficient (Wildman–Crippen LogP) is 4.12. The Bertz CT molecular complexity index is 1110. The molecule has 1 heterocycles. The summed E-state index contributed by atoms with van der Waals surface area (Å²) in [5, 5.41) is 8.14. The molecular formula is C17H12Cl2N2O4S2. The van der Waals surface area contributed by atoms with Crippen molar-refractivity contribution in [1.82, 2.24) is 4.98 Å². The molecule has 27 heavy (non-hydrogen) atoms. The van der Waals surface area contributed by atoms with Gasteiger partial charge in [0.1, 0.15) is 11.6 Å². The number of ether oxygens (including phenoxy) is 1. The predicted molar refractivity (Wildman–Crippen MR) is 105 cm³/mol. The summed E-state index contributed by atoms with van der Waals surface area (Å²) in [6.45, 7) is -0.101. The van der Waals surface area contributed by atoms with Crippen LogP contribution in [0.4, 0.5) is 0 Å². The number of aromatic nitrogens is 1. The monoisotopic (exact) mass is 442 g/mol. The highest BCUT2D eigenvalue weighted by molar-refractivity contribution is 7.89. The van der Waals surface area contributed by atoms with Crippen molar-refractivity contribution < 1.29 is 17.9 Å². The number of sulfonamides is 1. The molecule has 0 saturated heterocycles. The van der Waals surface area contributed by atoms with Gasteiger partial charge in [-0.25, -0.2) is 23.3 Å². The van der Waals surface area contributed by atoms with Crippen LogP contribution < -0.4 is 5.14 Å². The topological polar surface area (TPSA) is 99.4 Å². The molecule has 0 saturated carbocycles. The lowest BCUT2D eigenvalue weighted by Crippen LogP contribution is -2.14. The summed E-state index contributed by atoms with van der Waals surface area (Å²) in [4.78, 5) is 16.4.